The highest BCUT2D eigenvalue weighted by Gasteiger charge is 2.30. The fraction of sp³-hybridized carbons (Fsp3) is 0.500. The topological polar surface area (TPSA) is 98.9 Å². The van der Waals surface area contributed by atoms with E-state index in [1.165, 1.54) is 14.2 Å². The van der Waals surface area contributed by atoms with Gasteiger partial charge in [-0.25, -0.2) is 12.8 Å². The minimum atomic E-state index is -4.26. The van der Waals surface area contributed by atoms with Crippen molar-refractivity contribution in [2.75, 3.05) is 27.3 Å². The van der Waals surface area contributed by atoms with E-state index in [1.54, 1.807) is 13.8 Å². The van der Waals surface area contributed by atoms with Gasteiger partial charge in [0.05, 0.1) is 20.8 Å². The van der Waals surface area contributed by atoms with E-state index in [0.29, 0.717) is 0 Å². The molecule has 0 aliphatic carbocycles. The van der Waals surface area contributed by atoms with Crippen molar-refractivity contribution in [2.45, 2.75) is 18.7 Å². The molecule has 0 unspecified atom stereocenters. The van der Waals surface area contributed by atoms with Crippen LogP contribution in [0.25, 0.3) is 0 Å². The number of halogens is 1. The van der Waals surface area contributed by atoms with Crippen molar-refractivity contribution in [3.05, 3.63) is 17.9 Å². The molecule has 0 spiro atoms. The van der Waals surface area contributed by atoms with E-state index in [4.69, 9.17) is 15.2 Å². The zero-order chi connectivity index (χ0) is 17.8. The lowest BCUT2D eigenvalue weighted by Gasteiger charge is -2.23. The zero-order valence-corrected chi connectivity index (χ0v) is 14.3. The summed E-state index contributed by atoms with van der Waals surface area (Å²) < 4.78 is 50.4. The highest BCUT2D eigenvalue weighted by atomic mass is 32.2. The molecule has 0 atom stereocenters. The molecule has 0 aliphatic heterocycles. The Morgan fingerprint density at radius 2 is 1.78 bits per heavy atom. The number of nitrogens with two attached hydrogens (primary N) is 1. The van der Waals surface area contributed by atoms with Gasteiger partial charge in [0, 0.05) is 18.7 Å². The number of sulfonamides is 1. The smallest absolute Gasteiger partial charge is 0.246 e. The van der Waals surface area contributed by atoms with Crippen LogP contribution in [0.2, 0.25) is 0 Å². The normalized spacial score (nSPS) is 11.8. The van der Waals surface area contributed by atoms with Gasteiger partial charge in [0.2, 0.25) is 15.9 Å². The summed E-state index contributed by atoms with van der Waals surface area (Å²) >= 11 is 0. The van der Waals surface area contributed by atoms with Crippen molar-refractivity contribution in [1.29, 1.82) is 0 Å². The number of hydrogen-bond donors (Lipinski definition) is 1. The van der Waals surface area contributed by atoms with E-state index >= 15 is 0 Å². The largest absolute Gasteiger partial charge is 0.493 e. The van der Waals surface area contributed by atoms with Crippen LogP contribution in [-0.2, 0) is 14.8 Å². The van der Waals surface area contributed by atoms with Crippen LogP contribution in [-0.4, -0.2) is 45.9 Å². The molecule has 0 saturated heterocycles. The lowest BCUT2D eigenvalue weighted by atomic mass is 10.2. The van der Waals surface area contributed by atoms with Gasteiger partial charge >= 0.3 is 0 Å². The summed E-state index contributed by atoms with van der Waals surface area (Å²) in [6.07, 6.45) is 0. The molecule has 9 heteroatoms. The lowest BCUT2D eigenvalue weighted by molar-refractivity contribution is -0.118. The first-order chi connectivity index (χ1) is 10.6. The Morgan fingerprint density at radius 1 is 1.26 bits per heavy atom. The zero-order valence-electron chi connectivity index (χ0n) is 13.5. The second-order valence-electron chi connectivity index (χ2n) is 5.30. The van der Waals surface area contributed by atoms with Crippen molar-refractivity contribution in [2.24, 2.45) is 11.7 Å². The van der Waals surface area contributed by atoms with E-state index in [-0.39, 0.29) is 24.0 Å². The van der Waals surface area contributed by atoms with Gasteiger partial charge in [-0.2, -0.15) is 4.31 Å². The lowest BCUT2D eigenvalue weighted by Crippen LogP contribution is -2.40. The summed E-state index contributed by atoms with van der Waals surface area (Å²) in [6, 6.07) is 1.95. The van der Waals surface area contributed by atoms with Gasteiger partial charge in [0.1, 0.15) is 10.7 Å². The van der Waals surface area contributed by atoms with Crippen molar-refractivity contribution >= 4 is 15.9 Å². The molecule has 130 valence electrons. The second-order valence-corrected chi connectivity index (χ2v) is 7.20. The Labute approximate surface area is 135 Å². The molecule has 1 aromatic carbocycles. The van der Waals surface area contributed by atoms with E-state index < -0.39 is 33.2 Å². The molecular formula is C14H21FN2O5S. The molecule has 0 saturated carbocycles. The van der Waals surface area contributed by atoms with Gasteiger partial charge in [-0.15, -0.1) is 0 Å². The number of nitrogens with zero attached hydrogens (tertiary/aromatic N) is 1. The molecule has 0 radical (unpaired) electrons. The van der Waals surface area contributed by atoms with Crippen molar-refractivity contribution < 1.29 is 27.1 Å². The fourth-order valence-corrected chi connectivity index (χ4v) is 3.63. The van der Waals surface area contributed by atoms with Gasteiger partial charge in [-0.1, -0.05) is 13.8 Å². The van der Waals surface area contributed by atoms with Gasteiger partial charge in [0.15, 0.2) is 11.5 Å². The van der Waals surface area contributed by atoms with Crippen LogP contribution in [0.3, 0.4) is 0 Å². The summed E-state index contributed by atoms with van der Waals surface area (Å²) in [5, 5.41) is 0. The quantitative estimate of drug-likeness (QED) is 0.755. The van der Waals surface area contributed by atoms with E-state index in [9.17, 15) is 17.6 Å². The second kappa shape index (κ2) is 7.60. The third-order valence-corrected chi connectivity index (χ3v) is 4.78. The first-order valence-electron chi connectivity index (χ1n) is 6.83. The Kier molecular flexibility index (Phi) is 6.34. The molecule has 1 aromatic rings. The van der Waals surface area contributed by atoms with E-state index in [0.717, 1.165) is 16.4 Å². The van der Waals surface area contributed by atoms with Crippen LogP contribution in [0, 0.1) is 11.7 Å². The molecule has 1 amide bonds. The number of benzene rings is 1. The number of primary amides is 1. The number of ether oxygens (including phenoxy) is 2. The summed E-state index contributed by atoms with van der Waals surface area (Å²) in [6.45, 7) is 3.04. The molecule has 0 aromatic heterocycles. The van der Waals surface area contributed by atoms with E-state index in [1.807, 2.05) is 0 Å². The Bertz CT molecular complexity index is 676. The number of hydrogen-bond acceptors (Lipinski definition) is 5. The highest BCUT2D eigenvalue weighted by Crippen LogP contribution is 2.33. The maximum absolute atomic E-state index is 14.2. The summed E-state index contributed by atoms with van der Waals surface area (Å²) in [4.78, 5) is 10.6. The van der Waals surface area contributed by atoms with Gasteiger partial charge in [-0.05, 0) is 5.92 Å². The fourth-order valence-electron chi connectivity index (χ4n) is 2.00. The molecule has 2 N–H and O–H groups in total. The van der Waals surface area contributed by atoms with Crippen molar-refractivity contribution in [3.63, 3.8) is 0 Å². The molecule has 0 heterocycles. The molecule has 7 nitrogen and oxygen atoms in total. The maximum Gasteiger partial charge on any atom is 0.246 e. The SMILES string of the molecule is COc1cc(F)c(S(=O)(=O)N(CC(N)=O)CC(C)C)cc1OC. The van der Waals surface area contributed by atoms with Gasteiger partial charge in [0.25, 0.3) is 0 Å². The first-order valence-corrected chi connectivity index (χ1v) is 8.27. The first kappa shape index (κ1) is 19.2. The monoisotopic (exact) mass is 348 g/mol. The van der Waals surface area contributed by atoms with Crippen LogP contribution in [0.5, 0.6) is 11.5 Å². The van der Waals surface area contributed by atoms with Crippen LogP contribution in [0.1, 0.15) is 13.8 Å². The molecule has 0 bridgehead atoms. The van der Waals surface area contributed by atoms with E-state index in [2.05, 4.69) is 0 Å². The van der Waals surface area contributed by atoms with Crippen molar-refractivity contribution in [3.8, 4) is 11.5 Å². The number of methoxy groups -OCH3 is 2. The number of carbonyl (C=O) groups excluding carboxylic acids is 1. The summed E-state index contributed by atoms with van der Waals surface area (Å²) in [5.74, 6) is -1.77. The van der Waals surface area contributed by atoms with Crippen LogP contribution < -0.4 is 15.2 Å². The minimum Gasteiger partial charge on any atom is -0.493 e. The molecule has 1 rings (SSSR count). The minimum absolute atomic E-state index is 0.0268. The molecule has 0 aliphatic rings. The highest BCUT2D eigenvalue weighted by molar-refractivity contribution is 7.89. The van der Waals surface area contributed by atoms with Crippen LogP contribution in [0.15, 0.2) is 17.0 Å². The Hall–Kier alpha value is -1.87. The van der Waals surface area contributed by atoms with Crippen LogP contribution >= 0.6 is 0 Å². The van der Waals surface area contributed by atoms with Crippen LogP contribution in [0.4, 0.5) is 4.39 Å². The summed E-state index contributed by atoms with van der Waals surface area (Å²) in [7, 11) is -1.64. The predicted molar refractivity (Wildman–Crippen MR) is 82.3 cm³/mol. The number of rotatable bonds is 8. The average Bonchev–Trinajstić information content (AvgIpc) is 2.44. The van der Waals surface area contributed by atoms with Gasteiger partial charge < -0.3 is 15.2 Å². The molecule has 0 fully saturated rings. The average molecular weight is 348 g/mol. The standard InChI is InChI=1S/C14H21FN2O5S/c1-9(2)7-17(8-14(16)18)23(19,20)13-6-12(22-4)11(21-3)5-10(13)15/h5-6,9H,7-8H2,1-4H3,(H2,16,18). The van der Waals surface area contributed by atoms with Gasteiger partial charge in [-0.3, -0.25) is 4.79 Å². The Morgan fingerprint density at radius 3 is 2.22 bits per heavy atom. The third kappa shape index (κ3) is 4.55. The summed E-state index contributed by atoms with van der Waals surface area (Å²) in [5.41, 5.74) is 5.10. The molecule has 23 heavy (non-hydrogen) atoms. The molecular weight excluding hydrogens is 327 g/mol. The number of carbonyl (C=O) groups is 1. The Balaban J connectivity index is 3.41. The predicted octanol–water partition coefficient (Wildman–Crippen LogP) is 0.975. The number of amides is 1. The third-order valence-electron chi connectivity index (χ3n) is 2.96. The maximum atomic E-state index is 14.2. The van der Waals surface area contributed by atoms with Crippen molar-refractivity contribution in [1.82, 2.24) is 4.31 Å².